The van der Waals surface area contributed by atoms with Crippen LogP contribution in [0.25, 0.3) is 11.1 Å². The van der Waals surface area contributed by atoms with Gasteiger partial charge in [0.1, 0.15) is 24.5 Å². The molecule has 0 fully saturated rings. The zero-order chi connectivity index (χ0) is 25.8. The zero-order valence-electron chi connectivity index (χ0n) is 21.4. The van der Waals surface area contributed by atoms with Gasteiger partial charge in [0, 0.05) is 20.8 Å². The SMILES string of the molecule is CCCCOc1ccc(-c2ccc(CCC(COC(C)=O)(COC(C)=O)NC(C)=O)cc2)c(C)c1. The van der Waals surface area contributed by atoms with Gasteiger partial charge < -0.3 is 19.5 Å². The Morgan fingerprint density at radius 1 is 0.914 bits per heavy atom. The Balaban J connectivity index is 2.14. The minimum atomic E-state index is -1.01. The van der Waals surface area contributed by atoms with Crippen molar-refractivity contribution < 1.29 is 28.6 Å². The van der Waals surface area contributed by atoms with E-state index in [9.17, 15) is 14.4 Å². The van der Waals surface area contributed by atoms with E-state index in [1.165, 1.54) is 20.8 Å². The fraction of sp³-hybridized carbons (Fsp3) is 0.464. The molecular weight excluding hydrogens is 446 g/mol. The maximum atomic E-state index is 11.9. The lowest BCUT2D eigenvalue weighted by molar-refractivity contribution is -0.150. The van der Waals surface area contributed by atoms with Crippen molar-refractivity contribution in [1.29, 1.82) is 0 Å². The van der Waals surface area contributed by atoms with E-state index in [4.69, 9.17) is 14.2 Å². The third kappa shape index (κ3) is 9.43. The Morgan fingerprint density at radius 2 is 1.54 bits per heavy atom. The molecule has 0 heterocycles. The van der Waals surface area contributed by atoms with Crippen LogP contribution in [0.1, 0.15) is 58.1 Å². The minimum Gasteiger partial charge on any atom is -0.494 e. The monoisotopic (exact) mass is 483 g/mol. The molecule has 7 nitrogen and oxygen atoms in total. The molecule has 0 aliphatic rings. The summed E-state index contributed by atoms with van der Waals surface area (Å²) in [5.41, 5.74) is 3.41. The highest BCUT2D eigenvalue weighted by molar-refractivity contribution is 5.74. The van der Waals surface area contributed by atoms with Crippen molar-refractivity contribution in [3.05, 3.63) is 53.6 Å². The number of unbranched alkanes of at least 4 members (excludes halogenated alkanes) is 1. The van der Waals surface area contributed by atoms with Crippen LogP contribution in [0.5, 0.6) is 5.75 Å². The fourth-order valence-corrected chi connectivity index (χ4v) is 3.79. The van der Waals surface area contributed by atoms with E-state index in [1.54, 1.807) is 0 Å². The number of hydrogen-bond donors (Lipinski definition) is 1. The number of aryl methyl sites for hydroxylation is 2. The van der Waals surface area contributed by atoms with E-state index in [2.05, 4.69) is 43.4 Å². The number of hydrogen-bond acceptors (Lipinski definition) is 6. The molecule has 0 unspecified atom stereocenters. The maximum Gasteiger partial charge on any atom is 0.302 e. The summed E-state index contributed by atoms with van der Waals surface area (Å²) in [7, 11) is 0. The van der Waals surface area contributed by atoms with E-state index in [-0.39, 0.29) is 19.1 Å². The van der Waals surface area contributed by atoms with Crippen molar-refractivity contribution in [3.63, 3.8) is 0 Å². The number of esters is 2. The Kier molecular flexibility index (Phi) is 10.8. The zero-order valence-corrected chi connectivity index (χ0v) is 21.4. The molecule has 35 heavy (non-hydrogen) atoms. The van der Waals surface area contributed by atoms with Gasteiger partial charge in [-0.15, -0.1) is 0 Å². The third-order valence-corrected chi connectivity index (χ3v) is 5.67. The summed E-state index contributed by atoms with van der Waals surface area (Å²) in [6.07, 6.45) is 3.15. The molecular formula is C28H37NO6. The molecule has 0 saturated carbocycles. The predicted molar refractivity (Wildman–Crippen MR) is 135 cm³/mol. The van der Waals surface area contributed by atoms with Gasteiger partial charge in [0.15, 0.2) is 0 Å². The van der Waals surface area contributed by atoms with E-state index in [1.807, 2.05) is 18.2 Å². The summed E-state index contributed by atoms with van der Waals surface area (Å²) in [6, 6.07) is 14.3. The summed E-state index contributed by atoms with van der Waals surface area (Å²) in [6.45, 7) is 8.75. The summed E-state index contributed by atoms with van der Waals surface area (Å²) >= 11 is 0. The van der Waals surface area contributed by atoms with Gasteiger partial charge in [-0.3, -0.25) is 14.4 Å². The molecule has 0 spiro atoms. The molecule has 0 radical (unpaired) electrons. The highest BCUT2D eigenvalue weighted by Gasteiger charge is 2.34. The number of rotatable bonds is 13. The van der Waals surface area contributed by atoms with Crippen LogP contribution in [0.2, 0.25) is 0 Å². The molecule has 190 valence electrons. The molecule has 0 aliphatic heterocycles. The smallest absolute Gasteiger partial charge is 0.302 e. The van der Waals surface area contributed by atoms with Gasteiger partial charge in [0.25, 0.3) is 0 Å². The summed E-state index contributed by atoms with van der Waals surface area (Å²) < 4.78 is 16.2. The minimum absolute atomic E-state index is 0.0842. The molecule has 0 bridgehead atoms. The van der Waals surface area contributed by atoms with Crippen molar-refractivity contribution in [2.45, 2.75) is 65.8 Å². The summed E-state index contributed by atoms with van der Waals surface area (Å²) in [5.74, 6) is -0.350. The molecule has 0 atom stereocenters. The molecule has 7 heteroatoms. The number of ether oxygens (including phenoxy) is 3. The molecule has 2 aromatic rings. The number of amides is 1. The van der Waals surface area contributed by atoms with Gasteiger partial charge in [-0.1, -0.05) is 43.7 Å². The highest BCUT2D eigenvalue weighted by Crippen LogP contribution is 2.28. The van der Waals surface area contributed by atoms with Gasteiger partial charge in [-0.25, -0.2) is 0 Å². The van der Waals surface area contributed by atoms with Crippen LogP contribution in [0.15, 0.2) is 42.5 Å². The Hall–Kier alpha value is -3.35. The van der Waals surface area contributed by atoms with Crippen LogP contribution >= 0.6 is 0 Å². The number of benzene rings is 2. The first-order valence-corrected chi connectivity index (χ1v) is 12.0. The number of carbonyl (C=O) groups excluding carboxylic acids is 3. The lowest BCUT2D eigenvalue weighted by Crippen LogP contribution is -2.55. The Morgan fingerprint density at radius 3 is 2.06 bits per heavy atom. The second-order valence-corrected chi connectivity index (χ2v) is 8.90. The van der Waals surface area contributed by atoms with Crippen molar-refractivity contribution in [3.8, 4) is 16.9 Å². The van der Waals surface area contributed by atoms with E-state index in [0.717, 1.165) is 47.5 Å². The molecule has 0 saturated heterocycles. The van der Waals surface area contributed by atoms with Crippen LogP contribution in [-0.2, 0) is 30.3 Å². The molecule has 1 N–H and O–H groups in total. The fourth-order valence-electron chi connectivity index (χ4n) is 3.79. The van der Waals surface area contributed by atoms with Crippen LogP contribution in [-0.4, -0.2) is 43.2 Å². The average molecular weight is 484 g/mol. The molecule has 2 aromatic carbocycles. The van der Waals surface area contributed by atoms with Crippen molar-refractivity contribution in [1.82, 2.24) is 5.32 Å². The van der Waals surface area contributed by atoms with Gasteiger partial charge in [0.05, 0.1) is 6.61 Å². The molecule has 0 aromatic heterocycles. The Bertz CT molecular complexity index is 981. The first kappa shape index (κ1) is 27.9. The van der Waals surface area contributed by atoms with Crippen LogP contribution in [0.4, 0.5) is 0 Å². The molecule has 0 aliphatic carbocycles. The van der Waals surface area contributed by atoms with E-state index < -0.39 is 17.5 Å². The average Bonchev–Trinajstić information content (AvgIpc) is 2.80. The van der Waals surface area contributed by atoms with Gasteiger partial charge >= 0.3 is 11.9 Å². The van der Waals surface area contributed by atoms with Gasteiger partial charge in [0.2, 0.25) is 5.91 Å². The second kappa shape index (κ2) is 13.5. The normalized spacial score (nSPS) is 11.0. The second-order valence-electron chi connectivity index (χ2n) is 8.90. The van der Waals surface area contributed by atoms with Crippen molar-refractivity contribution in [2.75, 3.05) is 19.8 Å². The number of nitrogens with one attached hydrogen (secondary N) is 1. The molecule has 2 rings (SSSR count). The largest absolute Gasteiger partial charge is 0.494 e. The van der Waals surface area contributed by atoms with Crippen LogP contribution in [0, 0.1) is 6.92 Å². The van der Waals surface area contributed by atoms with Gasteiger partial charge in [-0.2, -0.15) is 0 Å². The summed E-state index contributed by atoms with van der Waals surface area (Å²) in [4.78, 5) is 34.7. The lowest BCUT2D eigenvalue weighted by atomic mass is 9.91. The Labute approximate surface area is 208 Å². The standard InChI is InChI=1S/C28H37NO6/c1-6-7-16-33-26-12-13-27(20(2)17-26)25-10-8-24(9-11-25)14-15-28(29-21(3)30,18-34-22(4)31)19-35-23(5)32/h8-13,17H,6-7,14-16,18-19H2,1-5H3,(H,29,30). The van der Waals surface area contributed by atoms with Gasteiger partial charge in [-0.05, 0) is 60.6 Å². The third-order valence-electron chi connectivity index (χ3n) is 5.67. The topological polar surface area (TPSA) is 90.9 Å². The van der Waals surface area contributed by atoms with E-state index in [0.29, 0.717) is 12.8 Å². The lowest BCUT2D eigenvalue weighted by Gasteiger charge is -2.33. The first-order valence-electron chi connectivity index (χ1n) is 12.0. The first-order chi connectivity index (χ1) is 16.6. The summed E-state index contributed by atoms with van der Waals surface area (Å²) in [5, 5.41) is 2.84. The van der Waals surface area contributed by atoms with Crippen molar-refractivity contribution in [2.24, 2.45) is 0 Å². The predicted octanol–water partition coefficient (Wildman–Crippen LogP) is 4.77. The molecule has 1 amide bonds. The number of carbonyl (C=O) groups is 3. The van der Waals surface area contributed by atoms with Crippen LogP contribution < -0.4 is 10.1 Å². The quantitative estimate of drug-likeness (QED) is 0.326. The van der Waals surface area contributed by atoms with Crippen LogP contribution in [0.3, 0.4) is 0 Å². The van der Waals surface area contributed by atoms with E-state index >= 15 is 0 Å². The van der Waals surface area contributed by atoms with Crippen molar-refractivity contribution >= 4 is 17.8 Å². The highest BCUT2D eigenvalue weighted by atomic mass is 16.5. The maximum absolute atomic E-state index is 11.9.